The number of likely N-dealkylation sites (tertiary alicyclic amines) is 2. The maximum absolute atomic E-state index is 6.32. The van der Waals surface area contributed by atoms with Crippen LogP contribution in [0.1, 0.15) is 39.0 Å². The second-order valence-electron chi connectivity index (χ2n) is 5.58. The van der Waals surface area contributed by atoms with Crippen LogP contribution in [0.3, 0.4) is 0 Å². The molecule has 0 bridgehead atoms. The molecule has 0 aromatic heterocycles. The Bertz CT molecular complexity index is 219. The van der Waals surface area contributed by atoms with Gasteiger partial charge in [-0.3, -0.25) is 4.90 Å². The van der Waals surface area contributed by atoms with Crippen LogP contribution in [0, 0.1) is 0 Å². The monoisotopic (exact) mass is 225 g/mol. The Morgan fingerprint density at radius 1 is 1.19 bits per heavy atom. The Labute approximate surface area is 100.0 Å². The molecule has 2 heterocycles. The molecule has 2 fully saturated rings. The molecule has 0 aromatic rings. The van der Waals surface area contributed by atoms with E-state index in [0.29, 0.717) is 12.1 Å². The predicted octanol–water partition coefficient (Wildman–Crippen LogP) is 1.28. The summed E-state index contributed by atoms with van der Waals surface area (Å²) >= 11 is 0. The molecule has 0 aliphatic carbocycles. The Kier molecular flexibility index (Phi) is 4.22. The van der Waals surface area contributed by atoms with Gasteiger partial charge in [0.2, 0.25) is 0 Å². The average molecular weight is 225 g/mol. The number of likely N-dealkylation sites (N-methyl/N-ethyl adjacent to an activating group) is 1. The standard InChI is InChI=1S/C13H27N3/c1-3-11-6-4-5-8-16(11)13-10-15(2)9-7-12(13)14/h11-13H,3-10,14H2,1-2H3. The molecule has 16 heavy (non-hydrogen) atoms. The minimum Gasteiger partial charge on any atom is -0.326 e. The SMILES string of the molecule is CCC1CCCCN1C1CN(C)CCC1N. The molecule has 2 N–H and O–H groups in total. The fourth-order valence-electron chi connectivity index (χ4n) is 3.36. The molecule has 2 saturated heterocycles. The summed E-state index contributed by atoms with van der Waals surface area (Å²) in [5, 5.41) is 0. The molecule has 0 amide bonds. The zero-order valence-electron chi connectivity index (χ0n) is 10.9. The van der Waals surface area contributed by atoms with Gasteiger partial charge in [-0.1, -0.05) is 13.3 Å². The Morgan fingerprint density at radius 2 is 2.00 bits per heavy atom. The third-order valence-corrected chi connectivity index (χ3v) is 4.41. The van der Waals surface area contributed by atoms with E-state index in [9.17, 15) is 0 Å². The van der Waals surface area contributed by atoms with Crippen LogP contribution in [0.2, 0.25) is 0 Å². The maximum atomic E-state index is 6.32. The van der Waals surface area contributed by atoms with E-state index in [0.717, 1.165) is 19.0 Å². The largest absolute Gasteiger partial charge is 0.326 e. The minimum atomic E-state index is 0.392. The topological polar surface area (TPSA) is 32.5 Å². The molecular formula is C13H27N3. The maximum Gasteiger partial charge on any atom is 0.0377 e. The molecule has 0 spiro atoms. The molecule has 3 unspecified atom stereocenters. The van der Waals surface area contributed by atoms with Gasteiger partial charge in [0.1, 0.15) is 0 Å². The fourth-order valence-corrected chi connectivity index (χ4v) is 3.36. The summed E-state index contributed by atoms with van der Waals surface area (Å²) < 4.78 is 0. The fraction of sp³-hybridized carbons (Fsp3) is 1.00. The van der Waals surface area contributed by atoms with E-state index in [2.05, 4.69) is 23.8 Å². The van der Waals surface area contributed by atoms with Crippen LogP contribution in [-0.2, 0) is 0 Å². The Balaban J connectivity index is 2.02. The van der Waals surface area contributed by atoms with Crippen molar-refractivity contribution in [2.75, 3.05) is 26.7 Å². The van der Waals surface area contributed by atoms with E-state index in [4.69, 9.17) is 5.73 Å². The lowest BCUT2D eigenvalue weighted by atomic mass is 9.92. The summed E-state index contributed by atoms with van der Waals surface area (Å²) in [5.41, 5.74) is 6.32. The zero-order valence-corrected chi connectivity index (χ0v) is 10.9. The summed E-state index contributed by atoms with van der Waals surface area (Å²) in [7, 11) is 2.23. The van der Waals surface area contributed by atoms with E-state index >= 15 is 0 Å². The summed E-state index contributed by atoms with van der Waals surface area (Å²) in [6.07, 6.45) is 6.60. The van der Waals surface area contributed by atoms with E-state index in [1.54, 1.807) is 0 Å². The third kappa shape index (κ3) is 2.58. The van der Waals surface area contributed by atoms with Crippen LogP contribution in [0.4, 0.5) is 0 Å². The first-order valence-electron chi connectivity index (χ1n) is 6.92. The number of nitrogens with zero attached hydrogens (tertiary/aromatic N) is 2. The van der Waals surface area contributed by atoms with Crippen LogP contribution in [-0.4, -0.2) is 54.6 Å². The predicted molar refractivity (Wildman–Crippen MR) is 68.5 cm³/mol. The van der Waals surface area contributed by atoms with Crippen LogP contribution in [0.15, 0.2) is 0 Å². The van der Waals surface area contributed by atoms with Gasteiger partial charge in [0, 0.05) is 24.7 Å². The van der Waals surface area contributed by atoms with Crippen molar-refractivity contribution in [1.29, 1.82) is 0 Å². The van der Waals surface area contributed by atoms with E-state index in [1.807, 2.05) is 0 Å². The van der Waals surface area contributed by atoms with Crippen LogP contribution in [0.25, 0.3) is 0 Å². The van der Waals surface area contributed by atoms with E-state index < -0.39 is 0 Å². The molecule has 2 aliphatic rings. The first-order chi connectivity index (χ1) is 7.72. The van der Waals surface area contributed by atoms with Crippen molar-refractivity contribution in [3.8, 4) is 0 Å². The molecule has 0 aromatic carbocycles. The van der Waals surface area contributed by atoms with Gasteiger partial charge in [0.25, 0.3) is 0 Å². The molecule has 2 aliphatic heterocycles. The highest BCUT2D eigenvalue weighted by Gasteiger charge is 2.34. The van der Waals surface area contributed by atoms with Gasteiger partial charge in [0.05, 0.1) is 0 Å². The first-order valence-corrected chi connectivity index (χ1v) is 6.92. The molecule has 94 valence electrons. The Hall–Kier alpha value is -0.120. The summed E-state index contributed by atoms with van der Waals surface area (Å²) in [5.74, 6) is 0. The lowest BCUT2D eigenvalue weighted by Crippen LogP contribution is -2.60. The van der Waals surface area contributed by atoms with Gasteiger partial charge >= 0.3 is 0 Å². The number of nitrogens with two attached hydrogens (primary N) is 1. The van der Waals surface area contributed by atoms with Gasteiger partial charge in [0.15, 0.2) is 0 Å². The van der Waals surface area contributed by atoms with Crippen molar-refractivity contribution < 1.29 is 0 Å². The van der Waals surface area contributed by atoms with Crippen LogP contribution < -0.4 is 5.73 Å². The lowest BCUT2D eigenvalue weighted by molar-refractivity contribution is 0.0370. The average Bonchev–Trinajstić information content (AvgIpc) is 2.32. The molecular weight excluding hydrogens is 198 g/mol. The van der Waals surface area contributed by atoms with E-state index in [-0.39, 0.29) is 0 Å². The van der Waals surface area contributed by atoms with Gasteiger partial charge in [-0.05, 0) is 45.8 Å². The molecule has 2 rings (SSSR count). The normalized spacial score (nSPS) is 38.8. The van der Waals surface area contributed by atoms with Crippen molar-refractivity contribution in [2.24, 2.45) is 5.73 Å². The second-order valence-corrected chi connectivity index (χ2v) is 5.58. The first kappa shape index (κ1) is 12.3. The lowest BCUT2D eigenvalue weighted by Gasteiger charge is -2.47. The van der Waals surface area contributed by atoms with Crippen molar-refractivity contribution in [1.82, 2.24) is 9.80 Å². The summed E-state index contributed by atoms with van der Waals surface area (Å²) in [6, 6.07) is 1.78. The third-order valence-electron chi connectivity index (χ3n) is 4.41. The highest BCUT2D eigenvalue weighted by molar-refractivity contribution is 4.92. The molecule has 3 atom stereocenters. The summed E-state index contributed by atoms with van der Waals surface area (Å²) in [6.45, 7) is 5.92. The van der Waals surface area contributed by atoms with Crippen molar-refractivity contribution in [2.45, 2.75) is 57.2 Å². The highest BCUT2D eigenvalue weighted by atomic mass is 15.3. The highest BCUT2D eigenvalue weighted by Crippen LogP contribution is 2.25. The zero-order chi connectivity index (χ0) is 11.5. The van der Waals surface area contributed by atoms with Gasteiger partial charge in [-0.15, -0.1) is 0 Å². The van der Waals surface area contributed by atoms with Crippen LogP contribution >= 0.6 is 0 Å². The van der Waals surface area contributed by atoms with Gasteiger partial charge in [-0.2, -0.15) is 0 Å². The van der Waals surface area contributed by atoms with Crippen molar-refractivity contribution in [3.63, 3.8) is 0 Å². The second kappa shape index (κ2) is 5.48. The molecule has 0 saturated carbocycles. The number of hydrogen-bond acceptors (Lipinski definition) is 3. The van der Waals surface area contributed by atoms with E-state index in [1.165, 1.54) is 38.8 Å². The van der Waals surface area contributed by atoms with Crippen molar-refractivity contribution >= 4 is 0 Å². The number of rotatable bonds is 2. The summed E-state index contributed by atoms with van der Waals surface area (Å²) in [4.78, 5) is 5.15. The number of hydrogen-bond donors (Lipinski definition) is 1. The Morgan fingerprint density at radius 3 is 2.75 bits per heavy atom. The van der Waals surface area contributed by atoms with Crippen molar-refractivity contribution in [3.05, 3.63) is 0 Å². The molecule has 3 nitrogen and oxygen atoms in total. The molecule has 0 radical (unpaired) electrons. The minimum absolute atomic E-state index is 0.392. The smallest absolute Gasteiger partial charge is 0.0377 e. The number of piperidine rings is 2. The van der Waals surface area contributed by atoms with Gasteiger partial charge < -0.3 is 10.6 Å². The molecule has 3 heteroatoms. The quantitative estimate of drug-likeness (QED) is 0.768. The van der Waals surface area contributed by atoms with Crippen LogP contribution in [0.5, 0.6) is 0 Å². The van der Waals surface area contributed by atoms with Gasteiger partial charge in [-0.25, -0.2) is 0 Å².